The van der Waals surface area contributed by atoms with Crippen molar-refractivity contribution in [2.75, 3.05) is 17.7 Å². The lowest BCUT2D eigenvalue weighted by molar-refractivity contribution is -0.115. The highest BCUT2D eigenvalue weighted by Gasteiger charge is 2.44. The van der Waals surface area contributed by atoms with Crippen molar-refractivity contribution in [3.8, 4) is 0 Å². The fourth-order valence-electron chi connectivity index (χ4n) is 4.14. The average Bonchev–Trinajstić information content (AvgIpc) is 3.11. The zero-order chi connectivity index (χ0) is 28.1. The first kappa shape index (κ1) is 32.1. The van der Waals surface area contributed by atoms with E-state index in [0.717, 1.165) is 0 Å². The molecule has 7 atom stereocenters. The maximum absolute atomic E-state index is 13.8. The molecule has 1 aromatic rings. The van der Waals surface area contributed by atoms with Crippen molar-refractivity contribution >= 4 is 102 Å². The number of alkyl halides is 3. The molecule has 8 nitrogen and oxygen atoms in total. The molecule has 38 heavy (non-hydrogen) atoms. The molecule has 3 rings (SSSR count). The maximum Gasteiger partial charge on any atom is 0.264 e. The third-order valence-electron chi connectivity index (χ3n) is 5.94. The summed E-state index contributed by atoms with van der Waals surface area (Å²) in [6, 6.07) is 4.05. The van der Waals surface area contributed by atoms with Crippen LogP contribution in [0, 0.1) is 0 Å². The van der Waals surface area contributed by atoms with E-state index >= 15 is 0 Å². The Balaban J connectivity index is 2.04. The van der Waals surface area contributed by atoms with Crippen LogP contribution in [-0.2, 0) is 25.1 Å². The zero-order valence-corrected chi connectivity index (χ0v) is 28.8. The second-order valence-corrected chi connectivity index (χ2v) is 17.4. The number of rotatable bonds is 12. The van der Waals surface area contributed by atoms with Crippen molar-refractivity contribution < 1.29 is 28.1 Å². The number of halogens is 3. The molecule has 1 aliphatic heterocycles. The Hall–Kier alpha value is -0.430. The fraction of sp³-hybridized carbons (Fsp3) is 0.500. The van der Waals surface area contributed by atoms with Crippen molar-refractivity contribution in [2.24, 2.45) is 0 Å². The van der Waals surface area contributed by atoms with Gasteiger partial charge in [0, 0.05) is 26.9 Å². The van der Waals surface area contributed by atoms with Gasteiger partial charge in [0.25, 0.3) is 11.8 Å². The monoisotopic (exact) mass is 880 g/mol. The van der Waals surface area contributed by atoms with E-state index in [-0.39, 0.29) is 46.6 Å². The third kappa shape index (κ3) is 7.85. The van der Waals surface area contributed by atoms with Crippen LogP contribution in [0.1, 0.15) is 54.8 Å². The van der Waals surface area contributed by atoms with E-state index in [1.807, 2.05) is 39.0 Å². The topological polar surface area (TPSA) is 102 Å². The number of hydrogen-bond donors (Lipinski definition) is 1. The molecule has 1 N–H and O–H groups in total. The summed E-state index contributed by atoms with van der Waals surface area (Å²) in [4.78, 5) is 40.7. The van der Waals surface area contributed by atoms with Crippen molar-refractivity contribution in [3.05, 3.63) is 53.1 Å². The third-order valence-corrected chi connectivity index (χ3v) is 9.67. The van der Waals surface area contributed by atoms with E-state index < -0.39 is 34.8 Å². The second kappa shape index (κ2) is 14.5. The standard InChI is InChI=1S/C26H31I3N2O6S/c1-5-23(32)30-19-8-6-7-18-24(19)26(34)31(25(18)33)20(13-38(35)16(4)29)17-9-10-21(37-15(3)28)22(11-17)36-12-14(2)27/h6-11,14-16,20-22H,5,12-13H2,1-4H3,(H,30,32). The molecule has 0 aromatic heterocycles. The lowest BCUT2D eigenvalue weighted by atomic mass is 9.96. The molecule has 1 aliphatic carbocycles. The van der Waals surface area contributed by atoms with Gasteiger partial charge in [-0.1, -0.05) is 99.8 Å². The predicted octanol–water partition coefficient (Wildman–Crippen LogP) is 5.40. The normalized spacial score (nSPS) is 22.9. The fourth-order valence-corrected chi connectivity index (χ4v) is 6.23. The molecule has 2 aliphatic rings. The average molecular weight is 880 g/mol. The van der Waals surface area contributed by atoms with Crippen LogP contribution in [0.25, 0.3) is 0 Å². The van der Waals surface area contributed by atoms with Gasteiger partial charge in [-0.05, 0) is 37.6 Å². The molecular formula is C26H31I3N2O6S. The summed E-state index contributed by atoms with van der Waals surface area (Å²) >= 11 is 6.57. The molecular weight excluding hydrogens is 849 g/mol. The molecule has 7 unspecified atom stereocenters. The maximum atomic E-state index is 13.8. The highest BCUT2D eigenvalue weighted by Crippen LogP contribution is 2.34. The van der Waals surface area contributed by atoms with E-state index in [1.165, 1.54) is 4.90 Å². The molecule has 0 saturated carbocycles. The van der Waals surface area contributed by atoms with Gasteiger partial charge in [0.05, 0.1) is 32.7 Å². The smallest absolute Gasteiger partial charge is 0.264 e. The van der Waals surface area contributed by atoms with Gasteiger partial charge in [-0.3, -0.25) is 23.5 Å². The number of nitrogens with zero attached hydrogens (tertiary/aromatic N) is 1. The quantitative estimate of drug-likeness (QED) is 0.172. The molecule has 0 spiro atoms. The Morgan fingerprint density at radius 2 is 1.84 bits per heavy atom. The molecule has 0 fully saturated rings. The van der Waals surface area contributed by atoms with Gasteiger partial charge < -0.3 is 14.8 Å². The summed E-state index contributed by atoms with van der Waals surface area (Å²) in [5.74, 6) is -1.18. The summed E-state index contributed by atoms with van der Waals surface area (Å²) in [5.41, 5.74) is 1.34. The Kier molecular flexibility index (Phi) is 12.2. The van der Waals surface area contributed by atoms with Gasteiger partial charge in [-0.25, -0.2) is 0 Å². The number of anilines is 1. The zero-order valence-electron chi connectivity index (χ0n) is 21.5. The van der Waals surface area contributed by atoms with Crippen LogP contribution >= 0.6 is 67.8 Å². The van der Waals surface area contributed by atoms with Gasteiger partial charge in [-0.2, -0.15) is 0 Å². The van der Waals surface area contributed by atoms with Crippen molar-refractivity contribution in [3.63, 3.8) is 0 Å². The summed E-state index contributed by atoms with van der Waals surface area (Å²) < 4.78 is 25.3. The number of carbonyl (C=O) groups excluding carboxylic acids is 3. The van der Waals surface area contributed by atoms with Crippen LogP contribution < -0.4 is 5.32 Å². The number of fused-ring (bicyclic) bond motifs is 1. The van der Waals surface area contributed by atoms with E-state index in [2.05, 4.69) is 73.1 Å². The van der Waals surface area contributed by atoms with E-state index in [4.69, 9.17) is 9.47 Å². The molecule has 1 heterocycles. The lowest BCUT2D eigenvalue weighted by Crippen LogP contribution is -2.46. The van der Waals surface area contributed by atoms with Gasteiger partial charge in [0.2, 0.25) is 5.91 Å². The molecule has 1 aromatic carbocycles. The van der Waals surface area contributed by atoms with E-state index in [1.54, 1.807) is 25.1 Å². The number of carbonyl (C=O) groups is 3. The Bertz CT molecular complexity index is 1150. The van der Waals surface area contributed by atoms with Crippen molar-refractivity contribution in [1.29, 1.82) is 0 Å². The summed E-state index contributed by atoms with van der Waals surface area (Å²) in [7, 11) is -1.33. The van der Waals surface area contributed by atoms with Gasteiger partial charge in [-0.15, -0.1) is 0 Å². The number of amides is 3. The van der Waals surface area contributed by atoms with Crippen LogP contribution in [0.5, 0.6) is 0 Å². The number of hydrogen-bond acceptors (Lipinski definition) is 6. The Morgan fingerprint density at radius 3 is 2.45 bits per heavy atom. The van der Waals surface area contributed by atoms with Crippen LogP contribution in [0.3, 0.4) is 0 Å². The first-order valence-electron chi connectivity index (χ1n) is 12.2. The van der Waals surface area contributed by atoms with Crippen molar-refractivity contribution in [1.82, 2.24) is 4.90 Å². The van der Waals surface area contributed by atoms with Crippen LogP contribution in [-0.4, -0.2) is 68.7 Å². The minimum absolute atomic E-state index is 0.0588. The number of nitrogens with one attached hydrogen (secondary N) is 1. The second-order valence-electron chi connectivity index (χ2n) is 8.96. The van der Waals surface area contributed by atoms with Crippen molar-refractivity contribution in [2.45, 2.75) is 63.7 Å². The Morgan fingerprint density at radius 1 is 1.13 bits per heavy atom. The number of benzene rings is 1. The van der Waals surface area contributed by atoms with Gasteiger partial charge in [0.15, 0.2) is 0 Å². The minimum atomic E-state index is -1.33. The number of imide groups is 1. The lowest BCUT2D eigenvalue weighted by Gasteiger charge is -2.33. The molecule has 0 radical (unpaired) electrons. The minimum Gasteiger partial charge on any atom is -0.370 e. The molecule has 3 amide bonds. The highest BCUT2D eigenvalue weighted by molar-refractivity contribution is 14.1. The highest BCUT2D eigenvalue weighted by atomic mass is 127. The Labute approximate surface area is 267 Å². The van der Waals surface area contributed by atoms with Crippen LogP contribution in [0.4, 0.5) is 5.69 Å². The molecule has 208 valence electrons. The summed E-state index contributed by atoms with van der Waals surface area (Å²) in [6.07, 6.45) is 5.05. The SMILES string of the molecule is CCC(=O)Nc1cccc2c1C(=O)N(C(CS(=O)C(C)I)C1=CC(OCC(C)I)C(OC(C)I)C=C1)C2=O. The summed E-state index contributed by atoms with van der Waals surface area (Å²) in [6.45, 7) is 8.02. The van der Waals surface area contributed by atoms with Crippen LogP contribution in [0.2, 0.25) is 0 Å². The van der Waals surface area contributed by atoms with Gasteiger partial charge in [0.1, 0.15) is 16.3 Å². The number of ether oxygens (including phenoxy) is 2. The first-order chi connectivity index (χ1) is 17.9. The largest absolute Gasteiger partial charge is 0.370 e. The van der Waals surface area contributed by atoms with E-state index in [9.17, 15) is 18.6 Å². The van der Waals surface area contributed by atoms with E-state index in [0.29, 0.717) is 17.9 Å². The summed E-state index contributed by atoms with van der Waals surface area (Å²) in [5, 5.41) is 2.73. The predicted molar refractivity (Wildman–Crippen MR) is 175 cm³/mol. The van der Waals surface area contributed by atoms with Gasteiger partial charge >= 0.3 is 0 Å². The van der Waals surface area contributed by atoms with Crippen LogP contribution in [0.15, 0.2) is 42.0 Å². The molecule has 0 saturated heterocycles. The molecule has 0 bridgehead atoms. The molecule has 12 heteroatoms. The first-order valence-corrected chi connectivity index (χ1v) is 17.3.